The molecule has 1 aliphatic rings. The fourth-order valence-electron chi connectivity index (χ4n) is 3.20. The fraction of sp³-hybridized carbons (Fsp3) is 0.722. The number of rotatable bonds is 7. The zero-order chi connectivity index (χ0) is 18.4. The Balaban J connectivity index is 2.03. The van der Waals surface area contributed by atoms with Crippen molar-refractivity contribution < 1.29 is 18.7 Å². The van der Waals surface area contributed by atoms with Crippen LogP contribution in [0.25, 0.3) is 0 Å². The van der Waals surface area contributed by atoms with Gasteiger partial charge in [0.05, 0.1) is 12.1 Å². The van der Waals surface area contributed by atoms with Crippen molar-refractivity contribution in [2.24, 2.45) is 5.92 Å². The van der Waals surface area contributed by atoms with Crippen molar-refractivity contribution in [2.45, 2.75) is 58.6 Å². The minimum absolute atomic E-state index is 0.0475. The normalized spacial score (nSPS) is 23.3. The first kappa shape index (κ1) is 19.4. The number of ether oxygens (including phenoxy) is 1. The van der Waals surface area contributed by atoms with Crippen molar-refractivity contribution in [3.8, 4) is 0 Å². The molecule has 0 aliphatic heterocycles. The number of nitrogens with zero attached hydrogens (tertiary/aromatic N) is 2. The molecule has 1 N–H and O–H groups in total. The van der Waals surface area contributed by atoms with Crippen LogP contribution < -0.4 is 5.32 Å². The summed E-state index contributed by atoms with van der Waals surface area (Å²) in [6, 6.07) is -0.119. The molecule has 0 saturated heterocycles. The first-order valence-electron chi connectivity index (χ1n) is 9.05. The monoisotopic (exact) mass is 351 g/mol. The second kappa shape index (κ2) is 8.99. The number of aromatic nitrogens is 1. The quantitative estimate of drug-likeness (QED) is 0.814. The van der Waals surface area contributed by atoms with Crippen LogP contribution in [-0.4, -0.2) is 54.0 Å². The topological polar surface area (TPSA) is 84.7 Å². The Morgan fingerprint density at radius 3 is 2.76 bits per heavy atom. The molecule has 140 valence electrons. The van der Waals surface area contributed by atoms with Crippen LogP contribution in [0, 0.1) is 12.8 Å². The molecule has 1 fully saturated rings. The Labute approximate surface area is 149 Å². The van der Waals surface area contributed by atoms with Crippen LogP contribution in [0.15, 0.2) is 10.8 Å². The fourth-order valence-corrected chi connectivity index (χ4v) is 3.20. The molecule has 0 radical (unpaired) electrons. The summed E-state index contributed by atoms with van der Waals surface area (Å²) in [6.45, 7) is 7.03. The minimum Gasteiger partial charge on any atom is -0.448 e. The van der Waals surface area contributed by atoms with Gasteiger partial charge in [0, 0.05) is 26.1 Å². The number of carbonyl (C=O) groups excluding carboxylic acids is 2. The van der Waals surface area contributed by atoms with Crippen molar-refractivity contribution in [2.75, 3.05) is 20.2 Å². The molecule has 1 heterocycles. The zero-order valence-corrected chi connectivity index (χ0v) is 15.6. The van der Waals surface area contributed by atoms with Gasteiger partial charge in [0.1, 0.15) is 5.76 Å². The SMILES string of the molecule is CCCO[C@@H]1C[C@@H](C(=O)N(C)CC)CC[C@H]1NC(=O)c1ncoc1C. The molecule has 1 aromatic heterocycles. The minimum atomic E-state index is -0.253. The van der Waals surface area contributed by atoms with E-state index < -0.39 is 0 Å². The van der Waals surface area contributed by atoms with Gasteiger partial charge in [-0.2, -0.15) is 0 Å². The second-order valence-corrected chi connectivity index (χ2v) is 6.61. The third kappa shape index (κ3) is 4.81. The molecule has 25 heavy (non-hydrogen) atoms. The van der Waals surface area contributed by atoms with E-state index in [1.54, 1.807) is 11.8 Å². The second-order valence-electron chi connectivity index (χ2n) is 6.61. The summed E-state index contributed by atoms with van der Waals surface area (Å²) in [6.07, 6.45) is 4.09. The van der Waals surface area contributed by atoms with Gasteiger partial charge in [-0.1, -0.05) is 6.92 Å². The van der Waals surface area contributed by atoms with E-state index in [0.29, 0.717) is 37.4 Å². The third-order valence-electron chi connectivity index (χ3n) is 4.80. The smallest absolute Gasteiger partial charge is 0.273 e. The number of hydrogen-bond acceptors (Lipinski definition) is 5. The van der Waals surface area contributed by atoms with Gasteiger partial charge in [-0.05, 0) is 39.5 Å². The van der Waals surface area contributed by atoms with Crippen molar-refractivity contribution in [3.63, 3.8) is 0 Å². The van der Waals surface area contributed by atoms with Crippen LogP contribution >= 0.6 is 0 Å². The van der Waals surface area contributed by atoms with Gasteiger partial charge >= 0.3 is 0 Å². The number of oxazole rings is 1. The Morgan fingerprint density at radius 2 is 2.16 bits per heavy atom. The van der Waals surface area contributed by atoms with Crippen LogP contribution in [0.1, 0.15) is 55.8 Å². The first-order chi connectivity index (χ1) is 12.0. The van der Waals surface area contributed by atoms with Crippen molar-refractivity contribution in [1.29, 1.82) is 0 Å². The molecule has 0 spiro atoms. The van der Waals surface area contributed by atoms with Crippen molar-refractivity contribution in [1.82, 2.24) is 15.2 Å². The summed E-state index contributed by atoms with van der Waals surface area (Å²) >= 11 is 0. The van der Waals surface area contributed by atoms with E-state index >= 15 is 0 Å². The first-order valence-corrected chi connectivity index (χ1v) is 9.05. The number of nitrogens with one attached hydrogen (secondary N) is 1. The Hall–Kier alpha value is -1.89. The van der Waals surface area contributed by atoms with Gasteiger partial charge in [0.2, 0.25) is 5.91 Å². The highest BCUT2D eigenvalue weighted by Gasteiger charge is 2.36. The predicted octanol–water partition coefficient (Wildman–Crippen LogP) is 2.16. The highest BCUT2D eigenvalue weighted by Crippen LogP contribution is 2.28. The predicted molar refractivity (Wildman–Crippen MR) is 93.2 cm³/mol. The van der Waals surface area contributed by atoms with E-state index in [9.17, 15) is 9.59 Å². The summed E-state index contributed by atoms with van der Waals surface area (Å²) in [4.78, 5) is 30.6. The molecule has 0 aromatic carbocycles. The number of amides is 2. The average Bonchev–Trinajstić information content (AvgIpc) is 3.05. The number of hydrogen-bond donors (Lipinski definition) is 1. The lowest BCUT2D eigenvalue weighted by atomic mass is 9.82. The maximum Gasteiger partial charge on any atom is 0.273 e. The lowest BCUT2D eigenvalue weighted by molar-refractivity contribution is -0.137. The molecular weight excluding hydrogens is 322 g/mol. The Kier molecular flexibility index (Phi) is 6.99. The molecule has 0 unspecified atom stereocenters. The van der Waals surface area contributed by atoms with Crippen LogP contribution in [0.2, 0.25) is 0 Å². The maximum atomic E-state index is 12.5. The maximum absolute atomic E-state index is 12.5. The molecule has 3 atom stereocenters. The van der Waals surface area contributed by atoms with Crippen LogP contribution in [-0.2, 0) is 9.53 Å². The van der Waals surface area contributed by atoms with Crippen LogP contribution in [0.4, 0.5) is 0 Å². The van der Waals surface area contributed by atoms with Gasteiger partial charge in [-0.25, -0.2) is 4.98 Å². The molecule has 1 aromatic rings. The highest BCUT2D eigenvalue weighted by molar-refractivity contribution is 5.93. The average molecular weight is 351 g/mol. The molecule has 0 bridgehead atoms. The van der Waals surface area contributed by atoms with Gasteiger partial charge < -0.3 is 19.4 Å². The molecule has 7 nitrogen and oxygen atoms in total. The van der Waals surface area contributed by atoms with Crippen molar-refractivity contribution >= 4 is 11.8 Å². The summed E-state index contributed by atoms with van der Waals surface area (Å²) < 4.78 is 11.1. The van der Waals surface area contributed by atoms with Crippen LogP contribution in [0.3, 0.4) is 0 Å². The standard InChI is InChI=1S/C18H29N3O4/c1-5-9-24-15-10-13(18(23)21(4)6-2)7-8-14(15)20-17(22)16-12(3)25-11-19-16/h11,13-15H,5-10H2,1-4H3,(H,20,22)/t13-,14+,15+/m0/s1. The molecule has 1 saturated carbocycles. The van der Waals surface area contributed by atoms with E-state index in [2.05, 4.69) is 10.3 Å². The van der Waals surface area contributed by atoms with Gasteiger partial charge in [0.25, 0.3) is 5.91 Å². The largest absolute Gasteiger partial charge is 0.448 e. The number of aryl methyl sites for hydroxylation is 1. The van der Waals surface area contributed by atoms with E-state index in [4.69, 9.17) is 9.15 Å². The van der Waals surface area contributed by atoms with Gasteiger partial charge in [-0.15, -0.1) is 0 Å². The summed E-state index contributed by atoms with van der Waals surface area (Å²) in [7, 11) is 1.82. The van der Waals surface area contributed by atoms with Crippen molar-refractivity contribution in [3.05, 3.63) is 17.8 Å². The lowest BCUT2D eigenvalue weighted by Gasteiger charge is -2.37. The molecule has 7 heteroatoms. The lowest BCUT2D eigenvalue weighted by Crippen LogP contribution is -2.50. The number of carbonyl (C=O) groups is 2. The van der Waals surface area contributed by atoms with E-state index in [1.807, 2.05) is 20.9 Å². The molecular formula is C18H29N3O4. The van der Waals surface area contributed by atoms with Gasteiger partial charge in [0.15, 0.2) is 12.1 Å². The summed E-state index contributed by atoms with van der Waals surface area (Å²) in [5, 5.41) is 3.01. The Morgan fingerprint density at radius 1 is 1.40 bits per heavy atom. The molecule has 1 aliphatic carbocycles. The summed E-state index contributed by atoms with van der Waals surface area (Å²) in [5.74, 6) is 0.354. The summed E-state index contributed by atoms with van der Waals surface area (Å²) in [5.41, 5.74) is 0.304. The molecule has 2 amide bonds. The van der Waals surface area contributed by atoms with E-state index in [1.165, 1.54) is 6.39 Å². The Bertz CT molecular complexity index is 587. The molecule has 2 rings (SSSR count). The van der Waals surface area contributed by atoms with Crippen LogP contribution in [0.5, 0.6) is 0 Å². The zero-order valence-electron chi connectivity index (χ0n) is 15.6. The van der Waals surface area contributed by atoms with Gasteiger partial charge in [-0.3, -0.25) is 9.59 Å². The van der Waals surface area contributed by atoms with E-state index in [0.717, 1.165) is 12.8 Å². The van der Waals surface area contributed by atoms with E-state index in [-0.39, 0.29) is 29.9 Å². The third-order valence-corrected chi connectivity index (χ3v) is 4.80. The highest BCUT2D eigenvalue weighted by atomic mass is 16.5.